The highest BCUT2D eigenvalue weighted by atomic mass is 16.1. The molecule has 2 heteroatoms. The van der Waals surface area contributed by atoms with Crippen LogP contribution in [0.3, 0.4) is 0 Å². The smallest absolute Gasteiger partial charge is 0.223 e. The number of hydrogen-bond acceptors (Lipinski definition) is 1. The molecular formula is C13H17NO. The summed E-state index contributed by atoms with van der Waals surface area (Å²) < 4.78 is 0. The summed E-state index contributed by atoms with van der Waals surface area (Å²) in [4.78, 5) is 11.7. The van der Waals surface area contributed by atoms with Crippen LogP contribution < -0.4 is 5.32 Å². The topological polar surface area (TPSA) is 29.1 Å². The fraction of sp³-hybridized carbons (Fsp3) is 0.462. The quantitative estimate of drug-likeness (QED) is 0.785. The van der Waals surface area contributed by atoms with Crippen LogP contribution in [0.15, 0.2) is 30.3 Å². The zero-order valence-electron chi connectivity index (χ0n) is 9.07. The van der Waals surface area contributed by atoms with E-state index in [-0.39, 0.29) is 11.8 Å². The minimum atomic E-state index is 0.178. The van der Waals surface area contributed by atoms with Gasteiger partial charge < -0.3 is 5.32 Å². The molecule has 1 saturated carbocycles. The summed E-state index contributed by atoms with van der Waals surface area (Å²) in [7, 11) is 1.72. The van der Waals surface area contributed by atoms with Crippen LogP contribution in [0.5, 0.6) is 0 Å². The van der Waals surface area contributed by atoms with E-state index in [4.69, 9.17) is 0 Å². The Kier molecular flexibility index (Phi) is 3.05. The van der Waals surface area contributed by atoms with Crippen molar-refractivity contribution in [1.82, 2.24) is 5.32 Å². The molecule has 0 aromatic heterocycles. The predicted molar refractivity (Wildman–Crippen MR) is 60.6 cm³/mol. The summed E-state index contributed by atoms with van der Waals surface area (Å²) in [5, 5.41) is 2.77. The first-order valence-electron chi connectivity index (χ1n) is 5.59. The monoisotopic (exact) mass is 203 g/mol. The van der Waals surface area contributed by atoms with Crippen molar-refractivity contribution in [3.05, 3.63) is 35.9 Å². The molecule has 1 aliphatic carbocycles. The second-order valence-electron chi connectivity index (χ2n) is 4.17. The lowest BCUT2D eigenvalue weighted by Gasteiger charge is -2.18. The zero-order chi connectivity index (χ0) is 10.7. The first kappa shape index (κ1) is 10.2. The van der Waals surface area contributed by atoms with Crippen molar-refractivity contribution >= 4 is 5.91 Å². The van der Waals surface area contributed by atoms with Gasteiger partial charge in [-0.1, -0.05) is 36.8 Å². The average molecular weight is 203 g/mol. The van der Waals surface area contributed by atoms with Gasteiger partial charge >= 0.3 is 0 Å². The second kappa shape index (κ2) is 4.47. The molecule has 0 heterocycles. The second-order valence-corrected chi connectivity index (χ2v) is 4.17. The molecule has 15 heavy (non-hydrogen) atoms. The highest BCUT2D eigenvalue weighted by molar-refractivity contribution is 5.79. The summed E-state index contributed by atoms with van der Waals surface area (Å²) in [5.41, 5.74) is 1.31. The van der Waals surface area contributed by atoms with Crippen molar-refractivity contribution in [2.24, 2.45) is 5.92 Å². The largest absolute Gasteiger partial charge is 0.359 e. The maximum atomic E-state index is 11.7. The molecular weight excluding hydrogens is 186 g/mol. The van der Waals surface area contributed by atoms with Gasteiger partial charge in [0.1, 0.15) is 0 Å². The molecule has 1 amide bonds. The number of rotatable bonds is 2. The summed E-state index contributed by atoms with van der Waals surface area (Å²) in [6.45, 7) is 0. The maximum absolute atomic E-state index is 11.7. The van der Waals surface area contributed by atoms with Gasteiger partial charge in [-0.05, 0) is 24.3 Å². The minimum absolute atomic E-state index is 0.178. The van der Waals surface area contributed by atoms with Crippen molar-refractivity contribution in [2.75, 3.05) is 7.05 Å². The Labute approximate surface area is 90.7 Å². The van der Waals surface area contributed by atoms with Crippen LogP contribution in [0.25, 0.3) is 0 Å². The SMILES string of the molecule is CNC(=O)C1CCCC1c1ccccc1. The van der Waals surface area contributed by atoms with Gasteiger partial charge in [0, 0.05) is 13.0 Å². The Bertz CT molecular complexity index is 334. The van der Waals surface area contributed by atoms with E-state index in [1.54, 1.807) is 7.05 Å². The van der Waals surface area contributed by atoms with E-state index in [9.17, 15) is 4.79 Å². The molecule has 0 aliphatic heterocycles. The lowest BCUT2D eigenvalue weighted by atomic mass is 9.88. The molecule has 1 N–H and O–H groups in total. The highest BCUT2D eigenvalue weighted by Crippen LogP contribution is 2.39. The van der Waals surface area contributed by atoms with E-state index in [1.807, 2.05) is 6.07 Å². The fourth-order valence-corrected chi connectivity index (χ4v) is 2.56. The Morgan fingerprint density at radius 2 is 2.00 bits per heavy atom. The lowest BCUT2D eigenvalue weighted by Crippen LogP contribution is -2.28. The van der Waals surface area contributed by atoms with Gasteiger partial charge in [0.25, 0.3) is 0 Å². The van der Waals surface area contributed by atoms with Crippen LogP contribution in [-0.4, -0.2) is 13.0 Å². The number of nitrogens with one attached hydrogen (secondary N) is 1. The van der Waals surface area contributed by atoms with Crippen LogP contribution in [0.4, 0.5) is 0 Å². The Balaban J connectivity index is 2.18. The zero-order valence-corrected chi connectivity index (χ0v) is 9.07. The molecule has 2 rings (SSSR count). The van der Waals surface area contributed by atoms with E-state index < -0.39 is 0 Å². The lowest BCUT2D eigenvalue weighted by molar-refractivity contribution is -0.124. The number of benzene rings is 1. The molecule has 2 nitrogen and oxygen atoms in total. The van der Waals surface area contributed by atoms with Gasteiger partial charge in [-0.2, -0.15) is 0 Å². The van der Waals surface area contributed by atoms with E-state index in [2.05, 4.69) is 29.6 Å². The van der Waals surface area contributed by atoms with E-state index in [0.717, 1.165) is 19.3 Å². The number of carbonyl (C=O) groups is 1. The van der Waals surface area contributed by atoms with E-state index in [1.165, 1.54) is 5.56 Å². The van der Waals surface area contributed by atoms with Crippen LogP contribution in [0.2, 0.25) is 0 Å². The van der Waals surface area contributed by atoms with Gasteiger partial charge in [-0.25, -0.2) is 0 Å². The number of amides is 1. The molecule has 80 valence electrons. The molecule has 2 unspecified atom stereocenters. The molecule has 0 radical (unpaired) electrons. The number of carbonyl (C=O) groups excluding carboxylic acids is 1. The Morgan fingerprint density at radius 1 is 1.27 bits per heavy atom. The third-order valence-corrected chi connectivity index (χ3v) is 3.33. The highest BCUT2D eigenvalue weighted by Gasteiger charge is 2.33. The summed E-state index contributed by atoms with van der Waals surface area (Å²) in [5.74, 6) is 0.796. The van der Waals surface area contributed by atoms with Gasteiger partial charge in [0.2, 0.25) is 5.91 Å². The van der Waals surface area contributed by atoms with Gasteiger partial charge in [-0.3, -0.25) is 4.79 Å². The predicted octanol–water partition coefficient (Wildman–Crippen LogP) is 2.32. The van der Waals surface area contributed by atoms with Crippen LogP contribution >= 0.6 is 0 Å². The number of hydrogen-bond donors (Lipinski definition) is 1. The molecule has 1 aromatic carbocycles. The van der Waals surface area contributed by atoms with Crippen molar-refractivity contribution < 1.29 is 4.79 Å². The molecule has 0 spiro atoms. The minimum Gasteiger partial charge on any atom is -0.359 e. The van der Waals surface area contributed by atoms with Gasteiger partial charge in [0.15, 0.2) is 0 Å². The van der Waals surface area contributed by atoms with Gasteiger partial charge in [-0.15, -0.1) is 0 Å². The fourth-order valence-electron chi connectivity index (χ4n) is 2.56. The first-order chi connectivity index (χ1) is 7.33. The third-order valence-electron chi connectivity index (χ3n) is 3.33. The third kappa shape index (κ3) is 2.04. The van der Waals surface area contributed by atoms with Crippen LogP contribution in [0.1, 0.15) is 30.7 Å². The molecule has 0 bridgehead atoms. The van der Waals surface area contributed by atoms with Crippen molar-refractivity contribution in [3.8, 4) is 0 Å². The van der Waals surface area contributed by atoms with E-state index >= 15 is 0 Å². The molecule has 0 saturated heterocycles. The van der Waals surface area contributed by atoms with Crippen molar-refractivity contribution in [2.45, 2.75) is 25.2 Å². The summed E-state index contributed by atoms with van der Waals surface area (Å²) >= 11 is 0. The Morgan fingerprint density at radius 3 is 2.67 bits per heavy atom. The summed E-state index contributed by atoms with van der Waals surface area (Å²) in [6, 6.07) is 10.4. The normalized spacial score (nSPS) is 25.1. The molecule has 1 aromatic rings. The van der Waals surface area contributed by atoms with Crippen molar-refractivity contribution in [1.29, 1.82) is 0 Å². The first-order valence-corrected chi connectivity index (χ1v) is 5.59. The molecule has 1 fully saturated rings. The molecule has 2 atom stereocenters. The standard InChI is InChI=1S/C13H17NO/c1-14-13(15)12-9-5-8-11(12)10-6-3-2-4-7-10/h2-4,6-7,11-12H,5,8-9H2,1H3,(H,14,15). The van der Waals surface area contributed by atoms with Crippen LogP contribution in [-0.2, 0) is 4.79 Å². The summed E-state index contributed by atoms with van der Waals surface area (Å²) in [6.07, 6.45) is 3.33. The maximum Gasteiger partial charge on any atom is 0.223 e. The van der Waals surface area contributed by atoms with Crippen LogP contribution in [0, 0.1) is 5.92 Å². The van der Waals surface area contributed by atoms with E-state index in [0.29, 0.717) is 5.92 Å². The average Bonchev–Trinajstić information content (AvgIpc) is 2.78. The molecule has 1 aliphatic rings. The van der Waals surface area contributed by atoms with Gasteiger partial charge in [0.05, 0.1) is 0 Å². The Hall–Kier alpha value is -1.31. The van der Waals surface area contributed by atoms with Crippen molar-refractivity contribution in [3.63, 3.8) is 0 Å².